The van der Waals surface area contributed by atoms with Gasteiger partial charge in [-0.1, -0.05) is 12.1 Å². The number of piperidine rings is 4. The summed E-state index contributed by atoms with van der Waals surface area (Å²) >= 11 is 0. The summed E-state index contributed by atoms with van der Waals surface area (Å²) < 4.78 is 5.20. The quantitative estimate of drug-likeness (QED) is 0.744. The van der Waals surface area contributed by atoms with Crippen LogP contribution in [-0.2, 0) is 16.0 Å². The molecule has 2 bridgehead atoms. The predicted octanol–water partition coefficient (Wildman–Crippen LogP) is 2.56. The molecule has 0 radical (unpaired) electrons. The van der Waals surface area contributed by atoms with Gasteiger partial charge >= 0.3 is 0 Å². The van der Waals surface area contributed by atoms with E-state index in [2.05, 4.69) is 9.80 Å². The smallest absolute Gasteiger partial charge is 0.226 e. The molecule has 4 aliphatic heterocycles. The Morgan fingerprint density at radius 1 is 1.06 bits per heavy atom. The number of ether oxygens (including phenoxy) is 1. The summed E-state index contributed by atoms with van der Waals surface area (Å²) in [5, 5.41) is 0. The van der Waals surface area contributed by atoms with Gasteiger partial charge in [-0.2, -0.15) is 0 Å². The lowest BCUT2D eigenvalue weighted by Gasteiger charge is -2.54. The maximum absolute atomic E-state index is 12.8. The second-order valence-electron chi connectivity index (χ2n) is 9.96. The van der Waals surface area contributed by atoms with Gasteiger partial charge in [-0.3, -0.25) is 14.5 Å². The van der Waals surface area contributed by atoms with Crippen LogP contribution in [0.1, 0.15) is 44.1 Å². The van der Waals surface area contributed by atoms with Crippen LogP contribution in [0.3, 0.4) is 0 Å². The maximum atomic E-state index is 12.8. The van der Waals surface area contributed by atoms with E-state index in [1.165, 1.54) is 12.8 Å². The molecule has 0 unspecified atom stereocenters. The van der Waals surface area contributed by atoms with Crippen molar-refractivity contribution in [3.63, 3.8) is 0 Å². The van der Waals surface area contributed by atoms with Crippen LogP contribution < -0.4 is 4.74 Å². The molecule has 5 rings (SSSR count). The van der Waals surface area contributed by atoms with Crippen LogP contribution >= 0.6 is 0 Å². The Kier molecular flexibility index (Phi) is 5.91. The van der Waals surface area contributed by atoms with Gasteiger partial charge in [-0.15, -0.1) is 0 Å². The molecule has 1 aromatic carbocycles. The number of hydrogen-bond donors (Lipinski definition) is 0. The van der Waals surface area contributed by atoms with Crippen molar-refractivity contribution in [3.8, 4) is 5.75 Å². The Morgan fingerprint density at radius 2 is 1.84 bits per heavy atom. The molecule has 1 aromatic rings. The second kappa shape index (κ2) is 8.81. The molecule has 2 amide bonds. The highest BCUT2D eigenvalue weighted by molar-refractivity contribution is 5.79. The topological polar surface area (TPSA) is 53.1 Å². The molecule has 3 atom stereocenters. The van der Waals surface area contributed by atoms with Crippen LogP contribution in [0.25, 0.3) is 0 Å². The fourth-order valence-corrected chi connectivity index (χ4v) is 6.46. The molecule has 0 aromatic heterocycles. The number of amides is 2. The van der Waals surface area contributed by atoms with E-state index in [0.29, 0.717) is 36.2 Å². The SMILES string of the molecule is COc1ccc(CC(=O)N2CCC(N3C[C@H]4C[C@H](C3)[C@H]3CCCC(=O)N3C4)CC2)cc1. The summed E-state index contributed by atoms with van der Waals surface area (Å²) in [5.74, 6) is 2.72. The molecule has 6 heteroatoms. The Hall–Kier alpha value is -2.08. The molecule has 4 saturated heterocycles. The van der Waals surface area contributed by atoms with Crippen molar-refractivity contribution in [2.75, 3.05) is 39.8 Å². The van der Waals surface area contributed by atoms with E-state index in [-0.39, 0.29) is 5.91 Å². The molecule has 4 heterocycles. The fraction of sp³-hybridized carbons (Fsp3) is 0.680. The van der Waals surface area contributed by atoms with Crippen molar-refractivity contribution in [1.29, 1.82) is 0 Å². The third-order valence-electron chi connectivity index (χ3n) is 8.06. The number of benzene rings is 1. The van der Waals surface area contributed by atoms with Gasteiger partial charge in [0, 0.05) is 51.2 Å². The average molecular weight is 426 g/mol. The first-order chi connectivity index (χ1) is 15.1. The van der Waals surface area contributed by atoms with Crippen molar-refractivity contribution >= 4 is 11.8 Å². The third kappa shape index (κ3) is 4.32. The number of carbonyl (C=O) groups excluding carboxylic acids is 2. The van der Waals surface area contributed by atoms with Gasteiger partial charge in [0.05, 0.1) is 13.5 Å². The first-order valence-electron chi connectivity index (χ1n) is 12.0. The van der Waals surface area contributed by atoms with Crippen LogP contribution in [0.4, 0.5) is 0 Å². The van der Waals surface area contributed by atoms with Crippen LogP contribution in [0.5, 0.6) is 5.75 Å². The molecule has 4 fully saturated rings. The van der Waals surface area contributed by atoms with Crippen LogP contribution in [0.15, 0.2) is 24.3 Å². The molecule has 31 heavy (non-hydrogen) atoms. The average Bonchev–Trinajstić information content (AvgIpc) is 2.80. The molecular weight excluding hydrogens is 390 g/mol. The fourth-order valence-electron chi connectivity index (χ4n) is 6.46. The van der Waals surface area contributed by atoms with Crippen LogP contribution in [0, 0.1) is 11.8 Å². The lowest BCUT2D eigenvalue weighted by molar-refractivity contribution is -0.146. The zero-order valence-corrected chi connectivity index (χ0v) is 18.7. The lowest BCUT2D eigenvalue weighted by Crippen LogP contribution is -2.62. The van der Waals surface area contributed by atoms with E-state index in [1.54, 1.807) is 7.11 Å². The molecule has 168 valence electrons. The minimum atomic E-state index is 0.232. The minimum Gasteiger partial charge on any atom is -0.497 e. The molecule has 4 aliphatic rings. The first kappa shape index (κ1) is 20.8. The standard InChI is InChI=1S/C25H35N3O3/c1-31-22-7-5-18(6-8-22)14-25(30)26-11-9-21(10-12-26)27-15-19-13-20(17-27)23-3-2-4-24(29)28(23)16-19/h5-8,19-21,23H,2-4,9-17H2,1H3/t19-,20-,23-/m1/s1. The minimum absolute atomic E-state index is 0.232. The largest absolute Gasteiger partial charge is 0.497 e. The number of rotatable bonds is 4. The lowest BCUT2D eigenvalue weighted by atomic mass is 9.75. The van der Waals surface area contributed by atoms with Crippen molar-refractivity contribution in [3.05, 3.63) is 29.8 Å². The number of hydrogen-bond acceptors (Lipinski definition) is 4. The number of nitrogens with zero attached hydrogens (tertiary/aromatic N) is 3. The summed E-state index contributed by atoms with van der Waals surface area (Å²) in [6.45, 7) is 4.95. The van der Waals surface area contributed by atoms with Gasteiger partial charge in [0.25, 0.3) is 0 Å². The van der Waals surface area contributed by atoms with E-state index in [1.807, 2.05) is 29.2 Å². The predicted molar refractivity (Wildman–Crippen MR) is 119 cm³/mol. The number of likely N-dealkylation sites (tertiary alicyclic amines) is 2. The summed E-state index contributed by atoms with van der Waals surface area (Å²) in [7, 11) is 1.66. The van der Waals surface area contributed by atoms with E-state index < -0.39 is 0 Å². The van der Waals surface area contributed by atoms with Gasteiger partial charge in [0.15, 0.2) is 0 Å². The number of methoxy groups -OCH3 is 1. The summed E-state index contributed by atoms with van der Waals surface area (Å²) in [6, 6.07) is 8.86. The number of fused-ring (bicyclic) bond motifs is 4. The van der Waals surface area contributed by atoms with E-state index >= 15 is 0 Å². The highest BCUT2D eigenvalue weighted by Gasteiger charge is 2.45. The van der Waals surface area contributed by atoms with Crippen molar-refractivity contribution < 1.29 is 14.3 Å². The summed E-state index contributed by atoms with van der Waals surface area (Å²) in [4.78, 5) is 32.2. The van der Waals surface area contributed by atoms with Gasteiger partial charge in [-0.05, 0) is 61.6 Å². The molecule has 0 saturated carbocycles. The zero-order chi connectivity index (χ0) is 21.4. The Labute approximate surface area is 185 Å². The molecule has 0 N–H and O–H groups in total. The summed E-state index contributed by atoms with van der Waals surface area (Å²) in [5.41, 5.74) is 1.04. The first-order valence-corrected chi connectivity index (χ1v) is 12.0. The van der Waals surface area contributed by atoms with Crippen molar-refractivity contribution in [1.82, 2.24) is 14.7 Å². The Bertz CT molecular complexity index is 803. The van der Waals surface area contributed by atoms with Crippen LogP contribution in [0.2, 0.25) is 0 Å². The maximum Gasteiger partial charge on any atom is 0.226 e. The van der Waals surface area contributed by atoms with E-state index in [0.717, 1.165) is 69.7 Å². The highest BCUT2D eigenvalue weighted by Crippen LogP contribution is 2.39. The Balaban J connectivity index is 1.14. The van der Waals surface area contributed by atoms with Gasteiger partial charge in [-0.25, -0.2) is 0 Å². The molecule has 6 nitrogen and oxygen atoms in total. The van der Waals surface area contributed by atoms with E-state index in [9.17, 15) is 9.59 Å². The number of carbonyl (C=O) groups is 2. The second-order valence-corrected chi connectivity index (χ2v) is 9.96. The van der Waals surface area contributed by atoms with Gasteiger partial charge in [0.2, 0.25) is 11.8 Å². The highest BCUT2D eigenvalue weighted by atomic mass is 16.5. The normalized spacial score (nSPS) is 29.6. The third-order valence-corrected chi connectivity index (χ3v) is 8.06. The van der Waals surface area contributed by atoms with Crippen LogP contribution in [-0.4, -0.2) is 78.4 Å². The van der Waals surface area contributed by atoms with Crippen molar-refractivity contribution in [2.45, 2.75) is 57.0 Å². The molecule has 0 aliphatic carbocycles. The van der Waals surface area contributed by atoms with Gasteiger partial charge < -0.3 is 14.5 Å². The molecule has 0 spiro atoms. The van der Waals surface area contributed by atoms with E-state index in [4.69, 9.17) is 4.74 Å². The summed E-state index contributed by atoms with van der Waals surface area (Å²) in [6.07, 6.45) is 6.91. The molecular formula is C25H35N3O3. The van der Waals surface area contributed by atoms with Crippen molar-refractivity contribution in [2.24, 2.45) is 11.8 Å². The Morgan fingerprint density at radius 3 is 2.58 bits per heavy atom. The zero-order valence-electron chi connectivity index (χ0n) is 18.7. The monoisotopic (exact) mass is 425 g/mol. The van der Waals surface area contributed by atoms with Gasteiger partial charge in [0.1, 0.15) is 5.75 Å².